The van der Waals surface area contributed by atoms with E-state index >= 15 is 0 Å². The van der Waals surface area contributed by atoms with Crippen LogP contribution in [0.25, 0.3) is 0 Å². The number of benzene rings is 1. The van der Waals surface area contributed by atoms with Gasteiger partial charge in [0.1, 0.15) is 13.2 Å². The molecule has 1 aromatic carbocycles. The normalized spacial score (nSPS) is 11.0. The van der Waals surface area contributed by atoms with Crippen LogP contribution in [0.2, 0.25) is 0 Å². The van der Waals surface area contributed by atoms with E-state index in [0.29, 0.717) is 91.3 Å². The fraction of sp³-hybridized carbons (Fsp3) is 0.742. The van der Waals surface area contributed by atoms with Crippen LogP contribution < -0.4 is 5.32 Å². The van der Waals surface area contributed by atoms with Gasteiger partial charge in [0.2, 0.25) is 0 Å². The van der Waals surface area contributed by atoms with Crippen molar-refractivity contribution >= 4 is 17.6 Å². The van der Waals surface area contributed by atoms with Crippen molar-refractivity contribution in [2.24, 2.45) is 0 Å². The third-order valence-corrected chi connectivity index (χ3v) is 5.78. The molecule has 1 rings (SSSR count). The second-order valence-electron chi connectivity index (χ2n) is 9.35. The summed E-state index contributed by atoms with van der Waals surface area (Å²) in [6.07, 6.45) is 5.73. The second-order valence-corrected chi connectivity index (χ2v) is 9.35. The SMILES string of the molecule is CCCCCC(=O)OCCOCCOCCOCCOCCOCCOCCOC(=O)c1ccc(NCCCC)cc1. The molecule has 42 heavy (non-hydrogen) atoms. The Hall–Kier alpha value is -2.28. The summed E-state index contributed by atoms with van der Waals surface area (Å²) in [5.41, 5.74) is 1.51. The van der Waals surface area contributed by atoms with Crippen LogP contribution in [0.15, 0.2) is 24.3 Å². The number of anilines is 1. The van der Waals surface area contributed by atoms with E-state index in [0.717, 1.165) is 44.3 Å². The molecule has 0 radical (unpaired) electrons. The van der Waals surface area contributed by atoms with Gasteiger partial charge in [0.15, 0.2) is 0 Å². The molecule has 0 spiro atoms. The van der Waals surface area contributed by atoms with Crippen LogP contribution in [0.1, 0.15) is 62.7 Å². The number of carbonyl (C=O) groups is 2. The van der Waals surface area contributed by atoms with Gasteiger partial charge >= 0.3 is 11.9 Å². The molecule has 0 aliphatic carbocycles. The molecule has 11 heteroatoms. The second kappa shape index (κ2) is 28.8. The lowest BCUT2D eigenvalue weighted by Crippen LogP contribution is -2.15. The minimum Gasteiger partial charge on any atom is -0.463 e. The van der Waals surface area contributed by atoms with Crippen LogP contribution in [-0.4, -0.2) is 111 Å². The number of rotatable bonds is 30. The van der Waals surface area contributed by atoms with Gasteiger partial charge in [-0.15, -0.1) is 0 Å². The Morgan fingerprint density at radius 2 is 0.976 bits per heavy atom. The molecular weight excluding hydrogens is 546 g/mol. The Balaban J connectivity index is 1.76. The fourth-order valence-corrected chi connectivity index (χ4v) is 3.42. The first kappa shape index (κ1) is 37.7. The molecule has 11 nitrogen and oxygen atoms in total. The highest BCUT2D eigenvalue weighted by molar-refractivity contribution is 5.89. The van der Waals surface area contributed by atoms with Gasteiger partial charge in [-0.25, -0.2) is 4.79 Å². The zero-order valence-corrected chi connectivity index (χ0v) is 25.7. The van der Waals surface area contributed by atoms with Crippen LogP contribution >= 0.6 is 0 Å². The average Bonchev–Trinajstić information content (AvgIpc) is 3.00. The van der Waals surface area contributed by atoms with Crippen molar-refractivity contribution < 1.29 is 47.5 Å². The number of unbranched alkanes of at least 4 members (excludes halogenated alkanes) is 3. The largest absolute Gasteiger partial charge is 0.463 e. The summed E-state index contributed by atoms with van der Waals surface area (Å²) in [4.78, 5) is 23.5. The Morgan fingerprint density at radius 3 is 1.43 bits per heavy atom. The number of nitrogens with one attached hydrogen (secondary N) is 1. The number of carbonyl (C=O) groups excluding carboxylic acids is 2. The molecule has 0 bridgehead atoms. The first-order chi connectivity index (χ1) is 20.7. The predicted octanol–water partition coefficient (Wildman–Crippen LogP) is 4.28. The maximum Gasteiger partial charge on any atom is 0.338 e. The molecular formula is C31H53NO10. The lowest BCUT2D eigenvalue weighted by molar-refractivity contribution is -0.145. The third kappa shape index (κ3) is 23.3. The van der Waals surface area contributed by atoms with Crippen LogP contribution in [0.4, 0.5) is 5.69 Å². The smallest absolute Gasteiger partial charge is 0.338 e. The molecule has 242 valence electrons. The zero-order valence-electron chi connectivity index (χ0n) is 25.7. The van der Waals surface area contributed by atoms with Crippen molar-refractivity contribution in [2.75, 3.05) is 104 Å². The highest BCUT2D eigenvalue weighted by Crippen LogP contribution is 2.11. The molecule has 0 heterocycles. The van der Waals surface area contributed by atoms with Gasteiger partial charge in [-0.1, -0.05) is 33.1 Å². The maximum absolute atomic E-state index is 12.1. The van der Waals surface area contributed by atoms with E-state index in [1.807, 2.05) is 12.1 Å². The molecule has 0 aliphatic heterocycles. The lowest BCUT2D eigenvalue weighted by Gasteiger charge is -2.09. The van der Waals surface area contributed by atoms with Crippen LogP contribution in [0.3, 0.4) is 0 Å². The number of esters is 2. The summed E-state index contributed by atoms with van der Waals surface area (Å²) >= 11 is 0. The van der Waals surface area contributed by atoms with Gasteiger partial charge in [-0.2, -0.15) is 0 Å². The molecule has 0 atom stereocenters. The summed E-state index contributed by atoms with van der Waals surface area (Å²) < 4.78 is 42.9. The molecule has 0 amide bonds. The predicted molar refractivity (Wildman–Crippen MR) is 160 cm³/mol. The molecule has 0 unspecified atom stereocenters. The molecule has 0 saturated carbocycles. The van der Waals surface area contributed by atoms with Gasteiger partial charge in [0.25, 0.3) is 0 Å². The van der Waals surface area contributed by atoms with Crippen molar-refractivity contribution in [2.45, 2.75) is 52.4 Å². The molecule has 0 aromatic heterocycles. The van der Waals surface area contributed by atoms with Crippen molar-refractivity contribution in [3.63, 3.8) is 0 Å². The number of ether oxygens (including phenoxy) is 8. The van der Waals surface area contributed by atoms with Crippen molar-refractivity contribution in [3.05, 3.63) is 29.8 Å². The fourth-order valence-electron chi connectivity index (χ4n) is 3.42. The number of hydrogen-bond acceptors (Lipinski definition) is 11. The van der Waals surface area contributed by atoms with Gasteiger partial charge in [-0.05, 0) is 37.1 Å². The minimum absolute atomic E-state index is 0.163. The van der Waals surface area contributed by atoms with Gasteiger partial charge in [-0.3, -0.25) is 4.79 Å². The van der Waals surface area contributed by atoms with Crippen LogP contribution in [0.5, 0.6) is 0 Å². The minimum atomic E-state index is -0.362. The third-order valence-electron chi connectivity index (χ3n) is 5.78. The van der Waals surface area contributed by atoms with Crippen LogP contribution in [-0.2, 0) is 42.7 Å². The molecule has 0 aliphatic rings. The Labute approximate surface area is 251 Å². The van der Waals surface area contributed by atoms with E-state index in [4.69, 9.17) is 37.9 Å². The summed E-state index contributed by atoms with van der Waals surface area (Å²) in [5, 5.41) is 3.31. The van der Waals surface area contributed by atoms with E-state index < -0.39 is 0 Å². The van der Waals surface area contributed by atoms with E-state index in [1.54, 1.807) is 12.1 Å². The van der Waals surface area contributed by atoms with Gasteiger partial charge < -0.3 is 43.2 Å². The Morgan fingerprint density at radius 1 is 0.548 bits per heavy atom. The molecule has 1 N–H and O–H groups in total. The molecule has 1 aromatic rings. The van der Waals surface area contributed by atoms with Crippen molar-refractivity contribution in [1.82, 2.24) is 0 Å². The van der Waals surface area contributed by atoms with Crippen molar-refractivity contribution in [1.29, 1.82) is 0 Å². The van der Waals surface area contributed by atoms with Crippen molar-refractivity contribution in [3.8, 4) is 0 Å². The van der Waals surface area contributed by atoms with E-state index in [9.17, 15) is 9.59 Å². The lowest BCUT2D eigenvalue weighted by atomic mass is 10.2. The first-order valence-corrected chi connectivity index (χ1v) is 15.3. The summed E-state index contributed by atoms with van der Waals surface area (Å²) in [7, 11) is 0. The maximum atomic E-state index is 12.1. The van der Waals surface area contributed by atoms with E-state index in [2.05, 4.69) is 19.2 Å². The zero-order chi connectivity index (χ0) is 30.4. The monoisotopic (exact) mass is 599 g/mol. The van der Waals surface area contributed by atoms with E-state index in [1.165, 1.54) is 0 Å². The quantitative estimate of drug-likeness (QED) is 0.101. The Bertz CT molecular complexity index is 763. The molecule has 0 saturated heterocycles. The Kier molecular flexibility index (Phi) is 25.9. The van der Waals surface area contributed by atoms with Gasteiger partial charge in [0.05, 0.1) is 84.8 Å². The van der Waals surface area contributed by atoms with Gasteiger partial charge in [0, 0.05) is 18.7 Å². The standard InChI is InChI=1S/C31H53NO10/c1-3-5-7-8-30(33)41-26-24-39-22-20-37-18-16-35-14-15-36-17-19-38-21-23-40-25-27-42-31(34)28-9-11-29(12-10-28)32-13-6-4-2/h9-12,32H,3-8,13-27H2,1-2H3. The highest BCUT2D eigenvalue weighted by atomic mass is 16.6. The van der Waals surface area contributed by atoms with E-state index in [-0.39, 0.29) is 25.2 Å². The summed E-state index contributed by atoms with van der Waals surface area (Å²) in [5.74, 6) is -0.525. The summed E-state index contributed by atoms with van der Waals surface area (Å²) in [6.45, 7) is 10.9. The topological polar surface area (TPSA) is 120 Å². The first-order valence-electron chi connectivity index (χ1n) is 15.3. The highest BCUT2D eigenvalue weighted by Gasteiger charge is 2.07. The number of hydrogen-bond donors (Lipinski definition) is 1. The summed E-state index contributed by atoms with van der Waals surface area (Å²) in [6, 6.07) is 7.28. The average molecular weight is 600 g/mol. The van der Waals surface area contributed by atoms with Crippen LogP contribution in [0, 0.1) is 0 Å². The molecule has 0 fully saturated rings.